The average molecular weight is 370 g/mol. The fourth-order valence-electron chi connectivity index (χ4n) is 2.16. The highest BCUT2D eigenvalue weighted by molar-refractivity contribution is 7.87. The van der Waals surface area contributed by atoms with Gasteiger partial charge in [0.05, 0.1) is 11.4 Å². The lowest BCUT2D eigenvalue weighted by Gasteiger charge is -2.13. The van der Waals surface area contributed by atoms with Crippen LogP contribution in [0.2, 0.25) is 0 Å². The van der Waals surface area contributed by atoms with Crippen molar-refractivity contribution in [3.8, 4) is 0 Å². The van der Waals surface area contributed by atoms with Crippen molar-refractivity contribution in [2.24, 2.45) is 0 Å². The maximum Gasteiger partial charge on any atom is 0.298 e. The lowest BCUT2D eigenvalue weighted by molar-refractivity contribution is 0.482. The fraction of sp³-hybridized carbons (Fsp3) is 0. The number of rotatable bonds is 4. The zero-order valence-corrected chi connectivity index (χ0v) is 13.8. The molecule has 0 radical (unpaired) electrons. The molecule has 2 aromatic rings. The van der Waals surface area contributed by atoms with Crippen LogP contribution >= 0.6 is 0 Å². The summed E-state index contributed by atoms with van der Waals surface area (Å²) in [7, 11) is -9.76. The van der Waals surface area contributed by atoms with Gasteiger partial charge >= 0.3 is 0 Å². The smallest absolute Gasteiger partial charge is 0.298 e. The van der Waals surface area contributed by atoms with Gasteiger partial charge in [0.2, 0.25) is 0 Å². The molecule has 0 unspecified atom stereocenters. The van der Waals surface area contributed by atoms with Gasteiger partial charge in [-0.3, -0.25) is 9.11 Å². The first kappa shape index (κ1) is 17.9. The molecular formula is C14H14N2O6S2. The van der Waals surface area contributed by atoms with Gasteiger partial charge in [0, 0.05) is 0 Å². The number of anilines is 2. The van der Waals surface area contributed by atoms with E-state index in [0.29, 0.717) is 0 Å². The Morgan fingerprint density at radius 3 is 1.88 bits per heavy atom. The first-order valence-electron chi connectivity index (χ1n) is 6.42. The Labute approximate surface area is 138 Å². The second kappa shape index (κ2) is 6.24. The third-order valence-corrected chi connectivity index (χ3v) is 5.04. The van der Waals surface area contributed by atoms with Gasteiger partial charge in [0.15, 0.2) is 0 Å². The van der Waals surface area contributed by atoms with Crippen LogP contribution in [0, 0.1) is 0 Å². The summed E-state index contributed by atoms with van der Waals surface area (Å²) in [6.07, 6.45) is 2.83. The van der Waals surface area contributed by atoms with E-state index in [1.165, 1.54) is 12.2 Å². The molecule has 8 nitrogen and oxygen atoms in total. The summed E-state index contributed by atoms with van der Waals surface area (Å²) in [6, 6.07) is 9.77. The van der Waals surface area contributed by atoms with Crippen LogP contribution in [-0.2, 0) is 20.2 Å². The number of hydrogen-bond acceptors (Lipinski definition) is 6. The molecule has 0 saturated heterocycles. The fourth-order valence-corrected chi connectivity index (χ4v) is 3.77. The van der Waals surface area contributed by atoms with Crippen molar-refractivity contribution < 1.29 is 25.9 Å². The van der Waals surface area contributed by atoms with Crippen LogP contribution < -0.4 is 11.5 Å². The minimum Gasteiger partial charge on any atom is -0.398 e. The van der Waals surface area contributed by atoms with Crippen molar-refractivity contribution in [1.82, 2.24) is 0 Å². The second-order valence-electron chi connectivity index (χ2n) is 4.82. The van der Waals surface area contributed by atoms with Crippen LogP contribution in [-0.4, -0.2) is 25.9 Å². The van der Waals surface area contributed by atoms with Crippen molar-refractivity contribution in [3.05, 3.63) is 47.5 Å². The highest BCUT2D eigenvalue weighted by Gasteiger charge is 2.28. The monoisotopic (exact) mass is 370 g/mol. The number of nitrogens with two attached hydrogens (primary N) is 2. The molecule has 0 aliphatic carbocycles. The van der Waals surface area contributed by atoms with Gasteiger partial charge in [0.1, 0.15) is 9.79 Å². The molecule has 24 heavy (non-hydrogen) atoms. The standard InChI is InChI=1S/C14H14N2O6S2/c15-11-8-10(7-6-9-4-2-1-3-5-9)13(23(17,18)19)12(16)14(11)24(20,21)22/h1-8H,15-16H2,(H,17,18,19)(H,20,21,22). The van der Waals surface area contributed by atoms with E-state index < -0.39 is 41.4 Å². The predicted octanol–water partition coefficient (Wildman–Crippen LogP) is 1.51. The highest BCUT2D eigenvalue weighted by Crippen LogP contribution is 2.35. The van der Waals surface area contributed by atoms with E-state index >= 15 is 0 Å². The quantitative estimate of drug-likeness (QED) is 0.358. The van der Waals surface area contributed by atoms with E-state index in [4.69, 9.17) is 16.0 Å². The molecule has 2 rings (SSSR count). The molecule has 0 bridgehead atoms. The minimum atomic E-state index is -4.88. The summed E-state index contributed by atoms with van der Waals surface area (Å²) in [6.45, 7) is 0. The van der Waals surface area contributed by atoms with Gasteiger partial charge in [-0.25, -0.2) is 0 Å². The van der Waals surface area contributed by atoms with Crippen LogP contribution in [0.15, 0.2) is 46.2 Å². The zero-order chi connectivity index (χ0) is 18.1. The van der Waals surface area contributed by atoms with Crippen molar-refractivity contribution >= 4 is 43.8 Å². The average Bonchev–Trinajstić information content (AvgIpc) is 2.42. The summed E-state index contributed by atoms with van der Waals surface area (Å²) in [5.74, 6) is 0. The minimum absolute atomic E-state index is 0.122. The Balaban J connectivity index is 2.76. The topological polar surface area (TPSA) is 161 Å². The van der Waals surface area contributed by atoms with Gasteiger partial charge in [-0.15, -0.1) is 0 Å². The summed E-state index contributed by atoms with van der Waals surface area (Å²) >= 11 is 0. The number of benzene rings is 2. The molecule has 0 aliphatic rings. The van der Waals surface area contributed by atoms with Crippen LogP contribution in [0.5, 0.6) is 0 Å². The third kappa shape index (κ3) is 3.74. The Morgan fingerprint density at radius 2 is 1.38 bits per heavy atom. The van der Waals surface area contributed by atoms with Crippen molar-refractivity contribution in [3.63, 3.8) is 0 Å². The molecule has 10 heteroatoms. The van der Waals surface area contributed by atoms with Gasteiger partial charge in [-0.05, 0) is 17.2 Å². The SMILES string of the molecule is Nc1cc(C=Cc2ccccc2)c(S(=O)(=O)O)c(N)c1S(=O)(=O)O. The van der Waals surface area contributed by atoms with Gasteiger partial charge < -0.3 is 11.5 Å². The number of hydrogen-bond donors (Lipinski definition) is 4. The molecule has 0 aliphatic heterocycles. The number of nitrogen functional groups attached to an aromatic ring is 2. The third-order valence-electron chi connectivity index (χ3n) is 3.10. The molecule has 6 N–H and O–H groups in total. The van der Waals surface area contributed by atoms with E-state index in [9.17, 15) is 21.4 Å². The Hall–Kier alpha value is -2.40. The Kier molecular flexibility index (Phi) is 4.67. The van der Waals surface area contributed by atoms with E-state index in [1.807, 2.05) is 0 Å². The lowest BCUT2D eigenvalue weighted by atomic mass is 10.1. The molecule has 0 amide bonds. The van der Waals surface area contributed by atoms with E-state index in [0.717, 1.165) is 11.6 Å². The van der Waals surface area contributed by atoms with E-state index in [1.54, 1.807) is 30.3 Å². The maximum absolute atomic E-state index is 11.6. The predicted molar refractivity (Wildman–Crippen MR) is 90.3 cm³/mol. The van der Waals surface area contributed by atoms with Crippen LogP contribution in [0.4, 0.5) is 11.4 Å². The molecule has 0 fully saturated rings. The Bertz CT molecular complexity index is 1010. The molecule has 0 atom stereocenters. The van der Waals surface area contributed by atoms with Crippen LogP contribution in [0.1, 0.15) is 11.1 Å². The summed E-state index contributed by atoms with van der Waals surface area (Å²) in [4.78, 5) is -1.82. The molecular weight excluding hydrogens is 356 g/mol. The second-order valence-corrected chi connectivity index (χ2v) is 7.54. The van der Waals surface area contributed by atoms with Crippen molar-refractivity contribution in [2.45, 2.75) is 9.79 Å². The lowest BCUT2D eigenvalue weighted by Crippen LogP contribution is -2.13. The zero-order valence-electron chi connectivity index (χ0n) is 12.1. The summed E-state index contributed by atoms with van der Waals surface area (Å²) < 4.78 is 64.4. The molecule has 2 aromatic carbocycles. The van der Waals surface area contributed by atoms with Crippen LogP contribution in [0.3, 0.4) is 0 Å². The largest absolute Gasteiger partial charge is 0.398 e. The first-order chi connectivity index (χ1) is 11.0. The molecule has 0 saturated carbocycles. The molecule has 0 aromatic heterocycles. The first-order valence-corrected chi connectivity index (χ1v) is 9.30. The molecule has 0 spiro atoms. The van der Waals surface area contributed by atoms with Gasteiger partial charge in [-0.2, -0.15) is 16.8 Å². The van der Waals surface area contributed by atoms with E-state index in [2.05, 4.69) is 0 Å². The van der Waals surface area contributed by atoms with E-state index in [-0.39, 0.29) is 5.56 Å². The van der Waals surface area contributed by atoms with Crippen molar-refractivity contribution in [2.75, 3.05) is 11.5 Å². The van der Waals surface area contributed by atoms with Gasteiger partial charge in [0.25, 0.3) is 20.2 Å². The molecule has 128 valence electrons. The Morgan fingerprint density at radius 1 is 0.833 bits per heavy atom. The van der Waals surface area contributed by atoms with Gasteiger partial charge in [-0.1, -0.05) is 42.5 Å². The highest BCUT2D eigenvalue weighted by atomic mass is 32.2. The summed E-state index contributed by atoms with van der Waals surface area (Å²) in [5, 5.41) is 0. The van der Waals surface area contributed by atoms with Crippen molar-refractivity contribution in [1.29, 1.82) is 0 Å². The maximum atomic E-state index is 11.6. The molecule has 0 heterocycles. The summed E-state index contributed by atoms with van der Waals surface area (Å²) in [5.41, 5.74) is 10.4. The normalized spacial score (nSPS) is 12.6. The van der Waals surface area contributed by atoms with Crippen LogP contribution in [0.25, 0.3) is 12.2 Å².